The lowest BCUT2D eigenvalue weighted by Gasteiger charge is -2.31. The van der Waals surface area contributed by atoms with Crippen LogP contribution in [0.3, 0.4) is 0 Å². The van der Waals surface area contributed by atoms with Gasteiger partial charge in [0, 0.05) is 65.0 Å². The zero-order chi connectivity index (χ0) is 47.5. The van der Waals surface area contributed by atoms with E-state index in [1.165, 1.54) is 66.1 Å². The van der Waals surface area contributed by atoms with Crippen molar-refractivity contribution in [3.63, 3.8) is 0 Å². The van der Waals surface area contributed by atoms with Crippen molar-refractivity contribution in [1.29, 1.82) is 0 Å². The van der Waals surface area contributed by atoms with E-state index in [1.54, 1.807) is 0 Å². The van der Waals surface area contributed by atoms with E-state index in [4.69, 9.17) is 17.7 Å². The van der Waals surface area contributed by atoms with Crippen LogP contribution in [-0.4, -0.2) is 0 Å². The second-order valence-electron chi connectivity index (χ2n) is 21.4. The number of fused-ring (bicyclic) bond motifs is 25. The maximum atomic E-state index is 7.11. The lowest BCUT2D eigenvalue weighted by molar-refractivity contribution is 0.600. The van der Waals surface area contributed by atoms with Crippen LogP contribution in [0, 0.1) is 0 Å². The highest BCUT2D eigenvalue weighted by Gasteiger charge is 2.48. The normalized spacial score (nSPS) is 14.6. The molecular weight excluding hydrogens is 881 g/mol. The summed E-state index contributed by atoms with van der Waals surface area (Å²) in [5, 5.41) is 13.8. The van der Waals surface area contributed by atoms with Crippen LogP contribution in [0.5, 0.6) is 0 Å². The summed E-state index contributed by atoms with van der Waals surface area (Å²) in [6.07, 6.45) is 0. The highest BCUT2D eigenvalue weighted by molar-refractivity contribution is 6.24. The van der Waals surface area contributed by atoms with Gasteiger partial charge in [-0.3, -0.25) is 0 Å². The molecule has 72 heavy (non-hydrogen) atoms. The van der Waals surface area contributed by atoms with Crippen molar-refractivity contribution in [2.75, 3.05) is 0 Å². The molecule has 0 unspecified atom stereocenters. The van der Waals surface area contributed by atoms with Crippen LogP contribution in [0.25, 0.3) is 154 Å². The lowest BCUT2D eigenvalue weighted by atomic mass is 9.72. The average Bonchev–Trinajstić information content (AvgIpc) is 4.25. The van der Waals surface area contributed by atoms with Gasteiger partial charge in [0.15, 0.2) is 0 Å². The predicted octanol–water partition coefficient (Wildman–Crippen LogP) is 19.5. The Hall–Kier alpha value is -8.86. The van der Waals surface area contributed by atoms with E-state index in [9.17, 15) is 0 Å². The molecule has 2 aliphatic rings. The molecule has 338 valence electrons. The molecule has 0 radical (unpaired) electrons. The number of hydrogen-bond donors (Lipinski definition) is 0. The van der Waals surface area contributed by atoms with E-state index in [-0.39, 0.29) is 0 Å². The van der Waals surface area contributed by atoms with Gasteiger partial charge in [0.05, 0.1) is 0 Å². The van der Waals surface area contributed by atoms with Crippen LogP contribution in [0.1, 0.15) is 49.9 Å². The van der Waals surface area contributed by atoms with Gasteiger partial charge in [-0.05, 0) is 138 Å². The standard InChI is InChI=1S/C68H42O4/c1-67(2)49-33-47(37-21-25-43-55(31-37)69-53-29-23-35-13-5-7-15-39(35)57(43)53)59-41-17-9-11-19-51(41)71-65(59)61(49)45-27-28-46-62-50(68(3,4)64(46)63(45)67)34-48(60-42-18-10-12-20-52(42)72-66(60)62)38-22-26-44-56(32-38)70-54-30-24-36-14-6-8-16-40(36)58(44)54/h5-34H,1-4H3. The summed E-state index contributed by atoms with van der Waals surface area (Å²) < 4.78 is 27.6. The monoisotopic (exact) mass is 922 g/mol. The fraction of sp³-hybridized carbons (Fsp3) is 0.0882. The predicted molar refractivity (Wildman–Crippen MR) is 297 cm³/mol. The molecule has 0 amide bonds. The van der Waals surface area contributed by atoms with E-state index in [1.807, 2.05) is 0 Å². The summed E-state index contributed by atoms with van der Waals surface area (Å²) >= 11 is 0. The van der Waals surface area contributed by atoms with Gasteiger partial charge in [0.2, 0.25) is 0 Å². The molecule has 4 heterocycles. The van der Waals surface area contributed by atoms with Gasteiger partial charge >= 0.3 is 0 Å². The van der Waals surface area contributed by atoms with Crippen LogP contribution in [-0.2, 0) is 10.8 Å². The highest BCUT2D eigenvalue weighted by atomic mass is 16.3. The number of furan rings is 4. The molecule has 4 nitrogen and oxygen atoms in total. The first kappa shape index (κ1) is 38.9. The van der Waals surface area contributed by atoms with E-state index < -0.39 is 10.8 Å². The van der Waals surface area contributed by atoms with Gasteiger partial charge in [0.25, 0.3) is 0 Å². The first-order chi connectivity index (χ1) is 35.2. The Kier molecular flexibility index (Phi) is 7.08. The molecule has 15 aromatic rings. The largest absolute Gasteiger partial charge is 0.456 e. The highest BCUT2D eigenvalue weighted by Crippen LogP contribution is 2.63. The Morgan fingerprint density at radius 3 is 1.15 bits per heavy atom. The first-order valence-electron chi connectivity index (χ1n) is 25.1. The van der Waals surface area contributed by atoms with E-state index in [2.05, 4.69) is 210 Å². The van der Waals surface area contributed by atoms with Gasteiger partial charge < -0.3 is 17.7 Å². The van der Waals surface area contributed by atoms with E-state index >= 15 is 0 Å². The summed E-state index contributed by atoms with van der Waals surface area (Å²) in [5.74, 6) is 0. The van der Waals surface area contributed by atoms with E-state index in [0.717, 1.165) is 110 Å². The van der Waals surface area contributed by atoms with Crippen LogP contribution < -0.4 is 0 Å². The average molecular weight is 923 g/mol. The molecule has 0 bridgehead atoms. The summed E-state index contributed by atoms with van der Waals surface area (Å²) in [7, 11) is 0. The van der Waals surface area contributed by atoms with Crippen molar-refractivity contribution in [1.82, 2.24) is 0 Å². The maximum absolute atomic E-state index is 7.11. The van der Waals surface area contributed by atoms with Crippen molar-refractivity contribution in [2.24, 2.45) is 0 Å². The molecule has 4 heteroatoms. The molecule has 0 aliphatic heterocycles. The molecule has 0 fully saturated rings. The summed E-state index contributed by atoms with van der Waals surface area (Å²) in [5.41, 5.74) is 20.9. The molecular formula is C68H42O4. The Morgan fingerprint density at radius 1 is 0.292 bits per heavy atom. The van der Waals surface area contributed by atoms with Gasteiger partial charge in [0.1, 0.15) is 44.7 Å². The third-order valence-corrected chi connectivity index (χ3v) is 17.0. The second kappa shape index (κ2) is 13.1. The zero-order valence-corrected chi connectivity index (χ0v) is 40.0. The number of hydrogen-bond acceptors (Lipinski definition) is 4. The first-order valence-corrected chi connectivity index (χ1v) is 25.1. The Morgan fingerprint density at radius 2 is 0.694 bits per heavy atom. The smallest absolute Gasteiger partial charge is 0.144 e. The molecule has 0 N–H and O–H groups in total. The minimum Gasteiger partial charge on any atom is -0.456 e. The zero-order valence-electron chi connectivity index (χ0n) is 40.0. The van der Waals surface area contributed by atoms with Crippen molar-refractivity contribution < 1.29 is 17.7 Å². The Bertz CT molecular complexity index is 4670. The third-order valence-electron chi connectivity index (χ3n) is 17.0. The minimum atomic E-state index is -0.397. The molecule has 4 aromatic heterocycles. The number of benzene rings is 11. The SMILES string of the molecule is CC1(C)c2cc(-c3ccc4c(c3)oc3ccc5ccccc5c34)c3c(oc4ccccc43)c2-c2ccc3c(c21)C(C)(C)c1cc(-c2ccc4c(c2)oc2ccc5ccccc5c24)c2c(oc4ccccc42)c1-3. The fourth-order valence-corrected chi connectivity index (χ4v) is 13.8. The van der Waals surface area contributed by atoms with Crippen molar-refractivity contribution in [3.05, 3.63) is 204 Å². The maximum Gasteiger partial charge on any atom is 0.144 e. The Balaban J connectivity index is 0.889. The van der Waals surface area contributed by atoms with E-state index in [0.29, 0.717) is 0 Å². The third kappa shape index (κ3) is 4.73. The number of rotatable bonds is 2. The molecule has 17 rings (SSSR count). The van der Waals surface area contributed by atoms with Gasteiger partial charge in [-0.1, -0.05) is 149 Å². The molecule has 0 atom stereocenters. The molecule has 2 aliphatic carbocycles. The lowest BCUT2D eigenvalue weighted by Crippen LogP contribution is -2.24. The van der Waals surface area contributed by atoms with Crippen LogP contribution in [0.15, 0.2) is 200 Å². The van der Waals surface area contributed by atoms with Gasteiger partial charge in [-0.2, -0.15) is 0 Å². The number of para-hydroxylation sites is 2. The molecule has 0 spiro atoms. The van der Waals surface area contributed by atoms with Crippen LogP contribution in [0.4, 0.5) is 0 Å². The summed E-state index contributed by atoms with van der Waals surface area (Å²) in [6, 6.07) is 65.9. The van der Waals surface area contributed by atoms with Crippen molar-refractivity contribution in [3.8, 4) is 44.5 Å². The summed E-state index contributed by atoms with van der Waals surface area (Å²) in [4.78, 5) is 0. The molecule has 11 aromatic carbocycles. The topological polar surface area (TPSA) is 52.6 Å². The quantitative estimate of drug-likeness (QED) is 0.173. The van der Waals surface area contributed by atoms with Crippen LogP contribution >= 0.6 is 0 Å². The van der Waals surface area contributed by atoms with Crippen molar-refractivity contribution in [2.45, 2.75) is 38.5 Å². The second-order valence-corrected chi connectivity index (χ2v) is 21.4. The molecule has 0 saturated carbocycles. The van der Waals surface area contributed by atoms with Crippen molar-refractivity contribution >= 4 is 109 Å². The summed E-state index contributed by atoms with van der Waals surface area (Å²) in [6.45, 7) is 9.65. The Labute approximate surface area is 412 Å². The van der Waals surface area contributed by atoms with Gasteiger partial charge in [-0.25, -0.2) is 0 Å². The minimum absolute atomic E-state index is 0.397. The van der Waals surface area contributed by atoms with Crippen LogP contribution in [0.2, 0.25) is 0 Å². The fourth-order valence-electron chi connectivity index (χ4n) is 13.8. The molecule has 0 saturated heterocycles. The van der Waals surface area contributed by atoms with Gasteiger partial charge in [-0.15, -0.1) is 0 Å².